The molecule has 32 heavy (non-hydrogen) atoms. The van der Waals surface area contributed by atoms with E-state index in [4.69, 9.17) is 20.6 Å². The minimum Gasteiger partial charge on any atom is -0.497 e. The Morgan fingerprint density at radius 2 is 1.56 bits per heavy atom. The fourth-order valence-corrected chi connectivity index (χ4v) is 3.10. The number of anilines is 1. The molecule has 0 saturated heterocycles. The molecule has 0 radical (unpaired) electrons. The standard InChI is InChI=1S/C24H26N4O3.ClH/c1-30-20-12-18(13-21(14-20)31-2)22(24(29)27-15-16-6-4-3-5-7-16)28-19-10-8-17(9-11-19)23(25)26;/h3-14,22,28H,15H2,1-2H3,(H3,25,26)(H,27,29);1H. The first-order chi connectivity index (χ1) is 15.0. The predicted octanol–water partition coefficient (Wildman–Crippen LogP) is 3.88. The van der Waals surface area contributed by atoms with Crippen LogP contribution in [-0.2, 0) is 11.3 Å². The molecule has 3 aromatic rings. The molecule has 168 valence electrons. The van der Waals surface area contributed by atoms with E-state index in [2.05, 4.69) is 10.6 Å². The summed E-state index contributed by atoms with van der Waals surface area (Å²) in [6, 6.07) is 21.4. The molecule has 0 heterocycles. The molecule has 0 fully saturated rings. The molecule has 7 nitrogen and oxygen atoms in total. The van der Waals surface area contributed by atoms with Gasteiger partial charge < -0.3 is 25.8 Å². The molecule has 3 rings (SSSR count). The topological polar surface area (TPSA) is 109 Å². The van der Waals surface area contributed by atoms with Crippen molar-refractivity contribution in [1.29, 1.82) is 5.41 Å². The van der Waals surface area contributed by atoms with Crippen LogP contribution in [0.2, 0.25) is 0 Å². The van der Waals surface area contributed by atoms with E-state index < -0.39 is 6.04 Å². The smallest absolute Gasteiger partial charge is 0.247 e. The van der Waals surface area contributed by atoms with Crippen LogP contribution in [0.15, 0.2) is 72.8 Å². The Bertz CT molecular complexity index is 1020. The average Bonchev–Trinajstić information content (AvgIpc) is 2.81. The summed E-state index contributed by atoms with van der Waals surface area (Å²) in [5, 5.41) is 13.8. The third-order valence-corrected chi connectivity index (χ3v) is 4.79. The van der Waals surface area contributed by atoms with Gasteiger partial charge in [-0.15, -0.1) is 12.4 Å². The first kappa shape index (κ1) is 24.6. The molecular weight excluding hydrogens is 428 g/mol. The van der Waals surface area contributed by atoms with E-state index in [1.54, 1.807) is 56.7 Å². The predicted molar refractivity (Wildman–Crippen MR) is 129 cm³/mol. The third-order valence-electron chi connectivity index (χ3n) is 4.79. The van der Waals surface area contributed by atoms with E-state index in [1.807, 2.05) is 30.3 Å². The Morgan fingerprint density at radius 3 is 2.09 bits per heavy atom. The van der Waals surface area contributed by atoms with Gasteiger partial charge >= 0.3 is 0 Å². The van der Waals surface area contributed by atoms with Crippen molar-refractivity contribution in [2.24, 2.45) is 5.73 Å². The number of hydrogen-bond donors (Lipinski definition) is 4. The molecule has 0 aliphatic rings. The lowest BCUT2D eigenvalue weighted by Gasteiger charge is -2.21. The van der Waals surface area contributed by atoms with Gasteiger partial charge in [0.05, 0.1) is 14.2 Å². The van der Waals surface area contributed by atoms with Gasteiger partial charge in [0.1, 0.15) is 23.4 Å². The lowest BCUT2D eigenvalue weighted by Crippen LogP contribution is -2.33. The summed E-state index contributed by atoms with van der Waals surface area (Å²) in [5.74, 6) is 0.962. The molecule has 5 N–H and O–H groups in total. The van der Waals surface area contributed by atoms with Crippen molar-refractivity contribution in [3.8, 4) is 11.5 Å². The maximum atomic E-state index is 13.2. The van der Waals surface area contributed by atoms with Crippen LogP contribution in [0.1, 0.15) is 22.7 Å². The van der Waals surface area contributed by atoms with Crippen molar-refractivity contribution in [3.05, 3.63) is 89.5 Å². The number of amidine groups is 1. The van der Waals surface area contributed by atoms with Gasteiger partial charge in [0, 0.05) is 23.9 Å². The van der Waals surface area contributed by atoms with Gasteiger partial charge in [-0.1, -0.05) is 30.3 Å². The zero-order valence-electron chi connectivity index (χ0n) is 17.9. The van der Waals surface area contributed by atoms with Crippen molar-refractivity contribution in [2.75, 3.05) is 19.5 Å². The van der Waals surface area contributed by atoms with Crippen LogP contribution in [0.4, 0.5) is 5.69 Å². The molecule has 0 bridgehead atoms. The summed E-state index contributed by atoms with van der Waals surface area (Å²) in [4.78, 5) is 13.2. The van der Waals surface area contributed by atoms with Gasteiger partial charge in [0.15, 0.2) is 0 Å². The maximum absolute atomic E-state index is 13.2. The number of benzene rings is 3. The van der Waals surface area contributed by atoms with Gasteiger partial charge in [-0.3, -0.25) is 10.2 Å². The highest BCUT2D eigenvalue weighted by Crippen LogP contribution is 2.29. The van der Waals surface area contributed by atoms with Crippen LogP contribution in [0, 0.1) is 5.41 Å². The molecule has 1 atom stereocenters. The summed E-state index contributed by atoms with van der Waals surface area (Å²) in [5.41, 5.74) is 8.55. The Labute approximate surface area is 193 Å². The number of amides is 1. The van der Waals surface area contributed by atoms with E-state index in [0.717, 1.165) is 5.56 Å². The Balaban J connectivity index is 0.00000363. The summed E-state index contributed by atoms with van der Waals surface area (Å²) < 4.78 is 10.7. The quantitative estimate of drug-likeness (QED) is 0.290. The number of methoxy groups -OCH3 is 2. The minimum atomic E-state index is -0.698. The molecule has 0 saturated carbocycles. The number of halogens is 1. The largest absolute Gasteiger partial charge is 0.497 e. The summed E-state index contributed by atoms with van der Waals surface area (Å²) in [6.07, 6.45) is 0. The van der Waals surface area contributed by atoms with Crippen LogP contribution in [-0.4, -0.2) is 26.0 Å². The number of hydrogen-bond acceptors (Lipinski definition) is 5. The highest BCUT2D eigenvalue weighted by Gasteiger charge is 2.22. The fourth-order valence-electron chi connectivity index (χ4n) is 3.10. The second-order valence-corrected chi connectivity index (χ2v) is 6.92. The molecular formula is C24H27ClN4O3. The van der Waals surface area contributed by atoms with Gasteiger partial charge in [0.2, 0.25) is 5.91 Å². The second kappa shape index (κ2) is 11.6. The highest BCUT2D eigenvalue weighted by molar-refractivity contribution is 5.95. The normalized spacial score (nSPS) is 10.9. The monoisotopic (exact) mass is 454 g/mol. The van der Waals surface area contributed by atoms with E-state index in [1.165, 1.54) is 0 Å². The van der Waals surface area contributed by atoms with Crippen molar-refractivity contribution in [2.45, 2.75) is 12.6 Å². The molecule has 0 aromatic heterocycles. The van der Waals surface area contributed by atoms with Crippen LogP contribution in [0.3, 0.4) is 0 Å². The number of nitrogens with two attached hydrogens (primary N) is 1. The maximum Gasteiger partial charge on any atom is 0.247 e. The van der Waals surface area contributed by atoms with Crippen molar-refractivity contribution in [3.63, 3.8) is 0 Å². The lowest BCUT2D eigenvalue weighted by atomic mass is 10.0. The van der Waals surface area contributed by atoms with Gasteiger partial charge in [0.25, 0.3) is 0 Å². The summed E-state index contributed by atoms with van der Waals surface area (Å²) in [7, 11) is 3.13. The van der Waals surface area contributed by atoms with Crippen LogP contribution in [0.5, 0.6) is 11.5 Å². The second-order valence-electron chi connectivity index (χ2n) is 6.92. The van der Waals surface area contributed by atoms with E-state index in [0.29, 0.717) is 34.9 Å². The molecule has 8 heteroatoms. The van der Waals surface area contributed by atoms with Crippen molar-refractivity contribution in [1.82, 2.24) is 5.32 Å². The zero-order chi connectivity index (χ0) is 22.2. The van der Waals surface area contributed by atoms with Crippen LogP contribution in [0.25, 0.3) is 0 Å². The summed E-state index contributed by atoms with van der Waals surface area (Å²) >= 11 is 0. The fraction of sp³-hybridized carbons (Fsp3) is 0.167. The number of nitrogens with one attached hydrogen (secondary N) is 3. The average molecular weight is 455 g/mol. The third kappa shape index (κ3) is 6.39. The molecule has 1 amide bonds. The molecule has 0 spiro atoms. The molecule has 3 aromatic carbocycles. The lowest BCUT2D eigenvalue weighted by molar-refractivity contribution is -0.122. The summed E-state index contributed by atoms with van der Waals surface area (Å²) in [6.45, 7) is 0.405. The Kier molecular flexibility index (Phi) is 8.92. The first-order valence-corrected chi connectivity index (χ1v) is 9.75. The number of carbonyl (C=O) groups excluding carboxylic acids is 1. The van der Waals surface area contributed by atoms with Gasteiger partial charge in [-0.2, -0.15) is 0 Å². The SMILES string of the molecule is COc1cc(OC)cc(C(Nc2ccc(C(=N)N)cc2)C(=O)NCc2ccccc2)c1.Cl. The Hall–Kier alpha value is -3.71. The number of carbonyl (C=O) groups is 1. The van der Waals surface area contributed by atoms with Crippen LogP contribution < -0.4 is 25.8 Å². The number of rotatable bonds is 9. The van der Waals surface area contributed by atoms with Crippen molar-refractivity contribution >= 4 is 29.8 Å². The van der Waals surface area contributed by atoms with E-state index >= 15 is 0 Å². The van der Waals surface area contributed by atoms with Gasteiger partial charge in [-0.25, -0.2) is 0 Å². The number of ether oxygens (including phenoxy) is 2. The zero-order valence-corrected chi connectivity index (χ0v) is 18.7. The van der Waals surface area contributed by atoms with E-state index in [9.17, 15) is 4.79 Å². The highest BCUT2D eigenvalue weighted by atomic mass is 35.5. The van der Waals surface area contributed by atoms with Gasteiger partial charge in [-0.05, 0) is 47.5 Å². The molecule has 1 unspecified atom stereocenters. The van der Waals surface area contributed by atoms with Crippen LogP contribution >= 0.6 is 12.4 Å². The molecule has 0 aliphatic carbocycles. The van der Waals surface area contributed by atoms with E-state index in [-0.39, 0.29) is 24.1 Å². The first-order valence-electron chi connectivity index (χ1n) is 9.75. The Morgan fingerprint density at radius 1 is 0.969 bits per heavy atom. The number of nitrogen functional groups attached to an aromatic ring is 1. The van der Waals surface area contributed by atoms with Crippen molar-refractivity contribution < 1.29 is 14.3 Å². The molecule has 0 aliphatic heterocycles. The minimum absolute atomic E-state index is 0.